The molecule has 1 N–H and O–H groups in total. The minimum atomic E-state index is -0.220. The summed E-state index contributed by atoms with van der Waals surface area (Å²) < 4.78 is 8.31. The molecule has 1 aromatic heterocycles. The zero-order valence-electron chi connectivity index (χ0n) is 14.9. The molecule has 0 atom stereocenters. The molecule has 6 heteroatoms. The van der Waals surface area contributed by atoms with Gasteiger partial charge in [-0.1, -0.05) is 33.6 Å². The Balaban J connectivity index is 1.70. The Morgan fingerprint density at radius 3 is 2.38 bits per heavy atom. The summed E-state index contributed by atoms with van der Waals surface area (Å²) in [4.78, 5) is 12.3. The van der Waals surface area contributed by atoms with Crippen molar-refractivity contribution in [2.75, 3.05) is 11.9 Å². The van der Waals surface area contributed by atoms with Crippen LogP contribution in [0.25, 0.3) is 5.69 Å². The second kappa shape index (κ2) is 7.74. The largest absolute Gasteiger partial charge is 0.484 e. The van der Waals surface area contributed by atoms with Gasteiger partial charge in [-0.15, -0.1) is 0 Å². The van der Waals surface area contributed by atoms with Gasteiger partial charge in [0.2, 0.25) is 0 Å². The average Bonchev–Trinajstić information content (AvgIpc) is 2.90. The van der Waals surface area contributed by atoms with Gasteiger partial charge in [-0.2, -0.15) is 5.10 Å². The highest BCUT2D eigenvalue weighted by Crippen LogP contribution is 2.23. The van der Waals surface area contributed by atoms with Crippen LogP contribution in [0.3, 0.4) is 0 Å². The number of hydrogen-bond acceptors (Lipinski definition) is 3. The van der Waals surface area contributed by atoms with Gasteiger partial charge >= 0.3 is 0 Å². The van der Waals surface area contributed by atoms with Gasteiger partial charge in [-0.05, 0) is 57.2 Å². The fraction of sp³-hybridized carbons (Fsp3) is 0.200. The van der Waals surface area contributed by atoms with Crippen molar-refractivity contribution in [1.29, 1.82) is 0 Å². The van der Waals surface area contributed by atoms with Gasteiger partial charge in [-0.25, -0.2) is 4.68 Å². The summed E-state index contributed by atoms with van der Waals surface area (Å²) in [7, 11) is 0. The summed E-state index contributed by atoms with van der Waals surface area (Å²) in [6.45, 7) is 5.80. The number of anilines is 1. The molecule has 0 spiro atoms. The topological polar surface area (TPSA) is 56.2 Å². The summed E-state index contributed by atoms with van der Waals surface area (Å²) in [5.74, 6) is 0.426. The maximum absolute atomic E-state index is 12.3. The number of amides is 1. The number of aromatic nitrogens is 2. The fourth-order valence-electron chi connectivity index (χ4n) is 2.62. The van der Waals surface area contributed by atoms with E-state index in [9.17, 15) is 4.79 Å². The Labute approximate surface area is 161 Å². The molecule has 3 aromatic rings. The molecule has 0 aliphatic rings. The van der Waals surface area contributed by atoms with Crippen LogP contribution < -0.4 is 10.1 Å². The van der Waals surface area contributed by atoms with Crippen LogP contribution in [-0.4, -0.2) is 22.3 Å². The minimum absolute atomic E-state index is 0.0593. The van der Waals surface area contributed by atoms with E-state index in [0.29, 0.717) is 5.75 Å². The van der Waals surface area contributed by atoms with Crippen molar-refractivity contribution in [2.45, 2.75) is 20.8 Å². The number of carbonyl (C=O) groups excluding carboxylic acids is 1. The van der Waals surface area contributed by atoms with Gasteiger partial charge in [0, 0.05) is 4.47 Å². The number of benzene rings is 2. The maximum Gasteiger partial charge on any atom is 0.262 e. The van der Waals surface area contributed by atoms with Gasteiger partial charge in [0.25, 0.3) is 5.91 Å². The first kappa shape index (κ1) is 18.2. The van der Waals surface area contributed by atoms with Gasteiger partial charge in [0.1, 0.15) is 5.75 Å². The van der Waals surface area contributed by atoms with Crippen molar-refractivity contribution < 1.29 is 9.53 Å². The molecule has 3 rings (SSSR count). The number of aryl methyl sites for hydroxylation is 2. The summed E-state index contributed by atoms with van der Waals surface area (Å²) in [5, 5.41) is 7.45. The van der Waals surface area contributed by atoms with Crippen LogP contribution >= 0.6 is 15.9 Å². The summed E-state index contributed by atoms with van der Waals surface area (Å²) in [6.07, 6.45) is 0. The van der Waals surface area contributed by atoms with E-state index >= 15 is 0 Å². The molecular weight excluding hydrogens is 394 g/mol. The van der Waals surface area contributed by atoms with E-state index in [4.69, 9.17) is 4.74 Å². The molecule has 1 heterocycles. The molecule has 0 unspecified atom stereocenters. The first-order chi connectivity index (χ1) is 12.4. The molecule has 0 aliphatic heterocycles. The number of nitrogens with one attached hydrogen (secondary N) is 1. The molecule has 0 bridgehead atoms. The molecule has 0 saturated heterocycles. The Morgan fingerprint density at radius 2 is 1.73 bits per heavy atom. The summed E-state index contributed by atoms with van der Waals surface area (Å²) in [5.41, 5.74) is 4.51. The highest BCUT2D eigenvalue weighted by Gasteiger charge is 2.15. The zero-order valence-corrected chi connectivity index (χ0v) is 16.5. The van der Waals surface area contributed by atoms with Crippen LogP contribution in [0.2, 0.25) is 0 Å². The molecule has 2 aromatic carbocycles. The third-order valence-electron chi connectivity index (χ3n) is 4.02. The molecule has 0 radical (unpaired) electrons. The van der Waals surface area contributed by atoms with Crippen LogP contribution in [0, 0.1) is 20.8 Å². The fourth-order valence-corrected chi connectivity index (χ4v) is 2.88. The van der Waals surface area contributed by atoms with E-state index < -0.39 is 0 Å². The van der Waals surface area contributed by atoms with Gasteiger partial charge in [0.05, 0.1) is 22.8 Å². The van der Waals surface area contributed by atoms with E-state index in [2.05, 4.69) is 26.3 Å². The van der Waals surface area contributed by atoms with Gasteiger partial charge < -0.3 is 10.1 Å². The first-order valence-corrected chi connectivity index (χ1v) is 9.05. The zero-order chi connectivity index (χ0) is 18.7. The van der Waals surface area contributed by atoms with Crippen molar-refractivity contribution in [2.24, 2.45) is 0 Å². The second-order valence-corrected chi connectivity index (χ2v) is 7.00. The maximum atomic E-state index is 12.3. The minimum Gasteiger partial charge on any atom is -0.484 e. The van der Waals surface area contributed by atoms with E-state index in [1.807, 2.05) is 74.0 Å². The Kier molecular flexibility index (Phi) is 5.42. The molecule has 1 amide bonds. The summed E-state index contributed by atoms with van der Waals surface area (Å²) >= 11 is 3.37. The first-order valence-electron chi connectivity index (χ1n) is 8.25. The highest BCUT2D eigenvalue weighted by molar-refractivity contribution is 9.10. The molecule has 134 valence electrons. The molecular formula is C20H20BrN3O2. The third-order valence-corrected chi connectivity index (χ3v) is 4.55. The van der Waals surface area contributed by atoms with Crippen LogP contribution in [0.5, 0.6) is 5.75 Å². The lowest BCUT2D eigenvalue weighted by molar-refractivity contribution is -0.118. The molecule has 5 nitrogen and oxygen atoms in total. The monoisotopic (exact) mass is 413 g/mol. The smallest absolute Gasteiger partial charge is 0.262 e. The standard InChI is InChI=1S/C20H20BrN3O2/c1-13-4-8-17(9-5-13)24-15(3)20(14(2)23-24)22-19(25)12-26-18-10-6-16(21)7-11-18/h4-11H,12H2,1-3H3,(H,22,25). The van der Waals surface area contributed by atoms with Crippen LogP contribution in [0.4, 0.5) is 5.69 Å². The number of ether oxygens (including phenoxy) is 1. The second-order valence-electron chi connectivity index (χ2n) is 6.08. The molecule has 0 aliphatic carbocycles. The van der Waals surface area contributed by atoms with Crippen molar-refractivity contribution in [1.82, 2.24) is 9.78 Å². The lowest BCUT2D eigenvalue weighted by Crippen LogP contribution is -2.20. The number of nitrogens with zero attached hydrogens (tertiary/aromatic N) is 2. The van der Waals surface area contributed by atoms with Gasteiger partial charge in [0.15, 0.2) is 6.61 Å². The normalized spacial score (nSPS) is 10.6. The van der Waals surface area contributed by atoms with Crippen LogP contribution in [0.1, 0.15) is 17.0 Å². The lowest BCUT2D eigenvalue weighted by atomic mass is 10.2. The molecule has 0 fully saturated rings. The van der Waals surface area contributed by atoms with Crippen molar-refractivity contribution in [3.05, 3.63) is 70.0 Å². The van der Waals surface area contributed by atoms with Gasteiger partial charge in [-0.3, -0.25) is 4.79 Å². The summed E-state index contributed by atoms with van der Waals surface area (Å²) in [6, 6.07) is 15.5. The predicted octanol–water partition coefficient (Wildman–Crippen LogP) is 4.58. The SMILES string of the molecule is Cc1ccc(-n2nc(C)c(NC(=O)COc3ccc(Br)cc3)c2C)cc1. The number of carbonyl (C=O) groups is 1. The average molecular weight is 414 g/mol. The number of halogens is 1. The Morgan fingerprint density at radius 1 is 1.08 bits per heavy atom. The van der Waals surface area contributed by atoms with Crippen molar-refractivity contribution in [3.8, 4) is 11.4 Å². The van der Waals surface area contributed by atoms with Crippen molar-refractivity contribution >= 4 is 27.5 Å². The predicted molar refractivity (Wildman–Crippen MR) is 106 cm³/mol. The quantitative estimate of drug-likeness (QED) is 0.665. The van der Waals surface area contributed by atoms with E-state index in [1.165, 1.54) is 5.56 Å². The third kappa shape index (κ3) is 4.14. The molecule has 0 saturated carbocycles. The van der Waals surface area contributed by atoms with E-state index in [1.54, 1.807) is 0 Å². The van der Waals surface area contributed by atoms with Crippen molar-refractivity contribution in [3.63, 3.8) is 0 Å². The lowest BCUT2D eigenvalue weighted by Gasteiger charge is -2.09. The van der Waals surface area contributed by atoms with E-state index in [-0.39, 0.29) is 12.5 Å². The Hall–Kier alpha value is -2.60. The van der Waals surface area contributed by atoms with E-state index in [0.717, 1.165) is 27.2 Å². The molecule has 26 heavy (non-hydrogen) atoms. The number of hydrogen-bond donors (Lipinski definition) is 1. The highest BCUT2D eigenvalue weighted by atomic mass is 79.9. The van der Waals surface area contributed by atoms with Crippen LogP contribution in [-0.2, 0) is 4.79 Å². The Bertz CT molecular complexity index is 915. The number of rotatable bonds is 5. The van der Waals surface area contributed by atoms with Crippen LogP contribution in [0.15, 0.2) is 53.0 Å².